The van der Waals surface area contributed by atoms with E-state index >= 15 is 0 Å². The molecule has 1 aliphatic carbocycles. The molecule has 0 bridgehead atoms. The van der Waals surface area contributed by atoms with Gasteiger partial charge in [-0.1, -0.05) is 11.8 Å². The smallest absolute Gasteiger partial charge is 0.326 e. The van der Waals surface area contributed by atoms with Gasteiger partial charge in [-0.05, 0) is 44.0 Å². The number of nitrogens with zero attached hydrogens (tertiary/aromatic N) is 4. The molecule has 1 saturated carbocycles. The molecule has 1 aliphatic rings. The average Bonchev–Trinajstić information content (AvgIpc) is 3.13. The van der Waals surface area contributed by atoms with Crippen LogP contribution in [0.15, 0.2) is 5.16 Å². The van der Waals surface area contributed by atoms with Crippen LogP contribution in [0.5, 0.6) is 0 Å². The maximum atomic E-state index is 12.0. The first kappa shape index (κ1) is 15.2. The molecule has 1 aromatic rings. The highest BCUT2D eigenvalue weighted by Gasteiger charge is 2.36. The van der Waals surface area contributed by atoms with Gasteiger partial charge in [0.2, 0.25) is 5.16 Å². The quantitative estimate of drug-likeness (QED) is 0.595. The molecule has 0 spiro atoms. The molecule has 20 heavy (non-hydrogen) atoms. The predicted molar refractivity (Wildman–Crippen MR) is 75.5 cm³/mol. The van der Waals surface area contributed by atoms with Crippen molar-refractivity contribution in [2.75, 3.05) is 12.9 Å². The highest BCUT2D eigenvalue weighted by atomic mass is 32.2. The molecular weight excluding hydrogens is 278 g/mol. The molecule has 1 atom stereocenters. The van der Waals surface area contributed by atoms with Gasteiger partial charge in [0.05, 0.1) is 13.2 Å². The summed E-state index contributed by atoms with van der Waals surface area (Å²) >= 11 is 1.48. The van der Waals surface area contributed by atoms with Crippen LogP contribution in [0.3, 0.4) is 0 Å². The molecule has 0 amide bonds. The minimum absolute atomic E-state index is 0.180. The number of methoxy groups -OCH3 is 1. The van der Waals surface area contributed by atoms with Crippen LogP contribution in [0.2, 0.25) is 0 Å². The Morgan fingerprint density at radius 1 is 1.60 bits per heavy atom. The van der Waals surface area contributed by atoms with E-state index in [0.717, 1.165) is 18.0 Å². The van der Waals surface area contributed by atoms with Gasteiger partial charge in [-0.3, -0.25) is 10.1 Å². The van der Waals surface area contributed by atoms with Crippen LogP contribution in [0.4, 0.5) is 0 Å². The summed E-state index contributed by atoms with van der Waals surface area (Å²) < 4.78 is 6.75. The lowest BCUT2D eigenvalue weighted by molar-refractivity contribution is -0.147. The van der Waals surface area contributed by atoms with Gasteiger partial charge < -0.3 is 4.74 Å². The van der Waals surface area contributed by atoms with Crippen LogP contribution in [0, 0.1) is 0 Å². The van der Waals surface area contributed by atoms with Gasteiger partial charge in [0, 0.05) is 11.8 Å². The van der Waals surface area contributed by atoms with Gasteiger partial charge in [-0.15, -0.1) is 5.10 Å². The van der Waals surface area contributed by atoms with E-state index in [1.807, 2.05) is 25.5 Å². The van der Waals surface area contributed by atoms with Gasteiger partial charge in [-0.2, -0.15) is 0 Å². The summed E-state index contributed by atoms with van der Waals surface area (Å²) in [6, 6.07) is 0.606. The Labute approximate surface area is 122 Å². The summed E-state index contributed by atoms with van der Waals surface area (Å²) in [5.41, 5.74) is -0.756. The second-order valence-corrected chi connectivity index (χ2v) is 6.49. The Morgan fingerprint density at radius 3 is 2.85 bits per heavy atom. The second kappa shape index (κ2) is 6.09. The van der Waals surface area contributed by atoms with E-state index < -0.39 is 5.54 Å². The van der Waals surface area contributed by atoms with Gasteiger partial charge >= 0.3 is 5.97 Å². The third kappa shape index (κ3) is 3.49. The van der Waals surface area contributed by atoms with E-state index in [0.29, 0.717) is 11.8 Å². The number of aromatic nitrogens is 4. The number of tetrazole rings is 1. The molecule has 0 aliphatic heterocycles. The third-order valence-electron chi connectivity index (χ3n) is 3.09. The Balaban J connectivity index is 2.04. The van der Waals surface area contributed by atoms with Crippen molar-refractivity contribution in [1.29, 1.82) is 0 Å². The van der Waals surface area contributed by atoms with Crippen molar-refractivity contribution in [2.45, 2.75) is 56.4 Å². The molecule has 1 heterocycles. The van der Waals surface area contributed by atoms with Crippen LogP contribution in [-0.4, -0.2) is 50.6 Å². The number of nitrogens with one attached hydrogen (secondary N) is 1. The maximum Gasteiger partial charge on any atom is 0.326 e. The molecule has 1 aromatic heterocycles. The van der Waals surface area contributed by atoms with Gasteiger partial charge in [0.25, 0.3) is 0 Å². The highest BCUT2D eigenvalue weighted by Crippen LogP contribution is 2.36. The van der Waals surface area contributed by atoms with Crippen molar-refractivity contribution in [2.24, 2.45) is 0 Å². The number of ether oxygens (including phenoxy) is 1. The third-order valence-corrected chi connectivity index (χ3v) is 4.34. The normalized spacial score (nSPS) is 18.1. The van der Waals surface area contributed by atoms with Crippen LogP contribution in [0.1, 0.15) is 39.7 Å². The Kier molecular flexibility index (Phi) is 4.64. The largest absolute Gasteiger partial charge is 0.468 e. The lowest BCUT2D eigenvalue weighted by Crippen LogP contribution is -2.54. The molecule has 0 saturated heterocycles. The fourth-order valence-electron chi connectivity index (χ4n) is 2.06. The molecule has 7 nitrogen and oxygen atoms in total. The van der Waals surface area contributed by atoms with Crippen molar-refractivity contribution in [3.8, 4) is 0 Å². The van der Waals surface area contributed by atoms with Gasteiger partial charge in [0.15, 0.2) is 0 Å². The maximum absolute atomic E-state index is 12.0. The highest BCUT2D eigenvalue weighted by molar-refractivity contribution is 7.99. The number of hydrogen-bond acceptors (Lipinski definition) is 7. The minimum atomic E-state index is -0.756. The van der Waals surface area contributed by atoms with Crippen molar-refractivity contribution < 1.29 is 9.53 Å². The summed E-state index contributed by atoms with van der Waals surface area (Å²) in [7, 11) is 1.40. The van der Waals surface area contributed by atoms with Crippen molar-refractivity contribution in [3.05, 3.63) is 0 Å². The number of carbonyl (C=O) groups excluding carboxylic acids is 1. The lowest BCUT2D eigenvalue weighted by atomic mass is 10.0. The molecule has 1 unspecified atom stereocenters. The number of carbonyl (C=O) groups is 1. The second-order valence-electron chi connectivity index (χ2n) is 5.55. The summed E-state index contributed by atoms with van der Waals surface area (Å²) in [5, 5.41) is 15.8. The van der Waals surface area contributed by atoms with Crippen molar-refractivity contribution in [3.63, 3.8) is 0 Å². The van der Waals surface area contributed by atoms with E-state index in [4.69, 9.17) is 4.74 Å². The van der Waals surface area contributed by atoms with Gasteiger partial charge in [-0.25, -0.2) is 4.68 Å². The Morgan fingerprint density at radius 2 is 2.30 bits per heavy atom. The average molecular weight is 299 g/mol. The summed E-state index contributed by atoms with van der Waals surface area (Å²) in [6.45, 7) is 5.84. The predicted octanol–water partition coefficient (Wildman–Crippen LogP) is 1.03. The first-order chi connectivity index (χ1) is 9.46. The minimum Gasteiger partial charge on any atom is -0.468 e. The van der Waals surface area contributed by atoms with E-state index in [1.165, 1.54) is 18.9 Å². The standard InChI is InChI=1S/C12H21N5O2S/c1-8(2)13-12(3,10(18)19-4)7-20-11-14-15-16-17(11)9-5-6-9/h8-9,13H,5-7H2,1-4H3. The fraction of sp³-hybridized carbons (Fsp3) is 0.833. The van der Waals surface area contributed by atoms with E-state index in [-0.39, 0.29) is 12.0 Å². The molecule has 8 heteroatoms. The number of esters is 1. The van der Waals surface area contributed by atoms with Gasteiger partial charge in [0.1, 0.15) is 5.54 Å². The van der Waals surface area contributed by atoms with E-state index in [2.05, 4.69) is 20.8 Å². The van der Waals surface area contributed by atoms with E-state index in [9.17, 15) is 4.79 Å². The molecular formula is C12H21N5O2S. The summed E-state index contributed by atoms with van der Waals surface area (Å²) in [4.78, 5) is 12.0. The van der Waals surface area contributed by atoms with Crippen molar-refractivity contribution >= 4 is 17.7 Å². The Bertz CT molecular complexity index is 474. The summed E-state index contributed by atoms with van der Waals surface area (Å²) in [6.07, 6.45) is 2.24. The summed E-state index contributed by atoms with van der Waals surface area (Å²) in [5.74, 6) is 0.245. The van der Waals surface area contributed by atoms with Crippen molar-refractivity contribution in [1.82, 2.24) is 25.5 Å². The zero-order valence-electron chi connectivity index (χ0n) is 12.3. The molecule has 0 aromatic carbocycles. The van der Waals surface area contributed by atoms with E-state index in [1.54, 1.807) is 0 Å². The first-order valence-corrected chi connectivity index (χ1v) is 7.71. The molecule has 1 fully saturated rings. The monoisotopic (exact) mass is 299 g/mol. The lowest BCUT2D eigenvalue weighted by Gasteiger charge is -2.29. The Hall–Kier alpha value is -1.15. The zero-order chi connectivity index (χ0) is 14.8. The molecule has 1 N–H and O–H groups in total. The number of thioether (sulfide) groups is 1. The topological polar surface area (TPSA) is 81.9 Å². The molecule has 0 radical (unpaired) electrons. The molecule has 112 valence electrons. The SMILES string of the molecule is COC(=O)C(C)(CSc1nnnn1C1CC1)NC(C)C. The van der Waals surface area contributed by atoms with Crippen LogP contribution in [0.25, 0.3) is 0 Å². The van der Waals surface area contributed by atoms with Crippen LogP contribution in [-0.2, 0) is 9.53 Å². The zero-order valence-corrected chi connectivity index (χ0v) is 13.1. The number of hydrogen-bond donors (Lipinski definition) is 1. The van der Waals surface area contributed by atoms with Crippen LogP contribution >= 0.6 is 11.8 Å². The molecule has 2 rings (SSSR count). The number of rotatable bonds is 7. The van der Waals surface area contributed by atoms with Crippen LogP contribution < -0.4 is 5.32 Å². The fourth-order valence-corrected chi connectivity index (χ4v) is 3.09. The first-order valence-electron chi connectivity index (χ1n) is 6.73.